The topological polar surface area (TPSA) is 72.3 Å². The molecule has 1 rings (SSSR count). The van der Waals surface area contributed by atoms with Gasteiger partial charge in [0.2, 0.25) is 0 Å². The maximum atomic E-state index is 8.91. The molecular formula is C5H14Cl2N2O. The summed E-state index contributed by atoms with van der Waals surface area (Å²) in [4.78, 5) is 0. The molecule has 3 nitrogen and oxygen atoms in total. The molecule has 3 atom stereocenters. The molecule has 0 spiro atoms. The lowest BCUT2D eigenvalue weighted by Gasteiger charge is -2.05. The van der Waals surface area contributed by atoms with Crippen LogP contribution >= 0.6 is 24.8 Å². The Balaban J connectivity index is 0. The van der Waals surface area contributed by atoms with Crippen LogP contribution in [0, 0.1) is 0 Å². The van der Waals surface area contributed by atoms with Crippen molar-refractivity contribution in [2.75, 3.05) is 0 Å². The fraction of sp³-hybridized carbons (Fsp3) is 1.00. The third-order valence-corrected chi connectivity index (χ3v) is 1.64. The van der Waals surface area contributed by atoms with E-state index in [1.54, 1.807) is 0 Å². The van der Waals surface area contributed by atoms with Gasteiger partial charge in [-0.2, -0.15) is 0 Å². The molecule has 10 heavy (non-hydrogen) atoms. The molecule has 0 aromatic carbocycles. The molecule has 0 bridgehead atoms. The lowest BCUT2D eigenvalue weighted by molar-refractivity contribution is 0.180. The normalized spacial score (nSPS) is 38.1. The zero-order valence-electron chi connectivity index (χ0n) is 5.56. The minimum Gasteiger partial charge on any atom is -0.393 e. The molecule has 0 heterocycles. The summed E-state index contributed by atoms with van der Waals surface area (Å²) in [5, 5.41) is 8.91. The Morgan fingerprint density at radius 2 is 1.30 bits per heavy atom. The molecule has 0 amide bonds. The first-order valence-electron chi connectivity index (χ1n) is 2.89. The Kier molecular flexibility index (Phi) is 6.74. The van der Waals surface area contributed by atoms with Gasteiger partial charge in [-0.05, 0) is 12.8 Å². The van der Waals surface area contributed by atoms with Crippen LogP contribution in [-0.2, 0) is 0 Å². The first-order valence-corrected chi connectivity index (χ1v) is 2.89. The summed E-state index contributed by atoms with van der Waals surface area (Å²) in [6.45, 7) is 0. The van der Waals surface area contributed by atoms with E-state index in [-0.39, 0.29) is 43.0 Å². The molecule has 0 aromatic rings. The lowest BCUT2D eigenvalue weighted by Crippen LogP contribution is -2.35. The second kappa shape index (κ2) is 5.16. The van der Waals surface area contributed by atoms with Crippen LogP contribution in [-0.4, -0.2) is 23.3 Å². The van der Waals surface area contributed by atoms with Crippen molar-refractivity contribution >= 4 is 24.8 Å². The van der Waals surface area contributed by atoms with E-state index < -0.39 is 0 Å². The van der Waals surface area contributed by atoms with E-state index in [0.717, 1.165) is 0 Å². The largest absolute Gasteiger partial charge is 0.393 e. The third-order valence-electron chi connectivity index (χ3n) is 1.64. The van der Waals surface area contributed by atoms with Crippen molar-refractivity contribution in [3.8, 4) is 0 Å². The van der Waals surface area contributed by atoms with Gasteiger partial charge in [0.25, 0.3) is 0 Å². The molecule has 0 radical (unpaired) electrons. The van der Waals surface area contributed by atoms with Gasteiger partial charge in [-0.25, -0.2) is 0 Å². The SMILES string of the molecule is Cl.Cl.N[C@@H]1CC(O)C[C@@H]1N. The van der Waals surface area contributed by atoms with Gasteiger partial charge in [0, 0.05) is 12.1 Å². The first-order chi connectivity index (χ1) is 3.70. The molecular weight excluding hydrogens is 175 g/mol. The van der Waals surface area contributed by atoms with Crippen molar-refractivity contribution in [1.82, 2.24) is 0 Å². The maximum Gasteiger partial charge on any atom is 0.0571 e. The van der Waals surface area contributed by atoms with Crippen molar-refractivity contribution in [2.24, 2.45) is 11.5 Å². The van der Waals surface area contributed by atoms with Crippen LogP contribution in [0.25, 0.3) is 0 Å². The van der Waals surface area contributed by atoms with Gasteiger partial charge >= 0.3 is 0 Å². The molecule has 5 heteroatoms. The predicted molar refractivity (Wildman–Crippen MR) is 45.7 cm³/mol. The van der Waals surface area contributed by atoms with E-state index >= 15 is 0 Å². The van der Waals surface area contributed by atoms with Crippen LogP contribution < -0.4 is 11.5 Å². The minimum absolute atomic E-state index is 0. The Bertz CT molecular complexity index is 83.7. The molecule has 1 aliphatic carbocycles. The number of hydrogen-bond acceptors (Lipinski definition) is 3. The fourth-order valence-corrected chi connectivity index (χ4v) is 1.07. The van der Waals surface area contributed by atoms with Gasteiger partial charge in [0.15, 0.2) is 0 Å². The Morgan fingerprint density at radius 1 is 1.00 bits per heavy atom. The summed E-state index contributed by atoms with van der Waals surface area (Å²) in [5.41, 5.74) is 11.0. The molecule has 64 valence electrons. The summed E-state index contributed by atoms with van der Waals surface area (Å²) in [5.74, 6) is 0. The molecule has 1 aliphatic rings. The first kappa shape index (κ1) is 13.1. The highest BCUT2D eigenvalue weighted by molar-refractivity contribution is 5.85. The summed E-state index contributed by atoms with van der Waals surface area (Å²) in [6, 6.07) is 0.0370. The van der Waals surface area contributed by atoms with Gasteiger partial charge < -0.3 is 16.6 Å². The fourth-order valence-electron chi connectivity index (χ4n) is 1.07. The summed E-state index contributed by atoms with van der Waals surface area (Å²) in [7, 11) is 0. The minimum atomic E-state index is -0.250. The van der Waals surface area contributed by atoms with E-state index in [4.69, 9.17) is 16.6 Å². The monoisotopic (exact) mass is 188 g/mol. The molecule has 5 N–H and O–H groups in total. The van der Waals surface area contributed by atoms with Crippen molar-refractivity contribution in [2.45, 2.75) is 31.0 Å². The van der Waals surface area contributed by atoms with E-state index in [1.165, 1.54) is 0 Å². The number of aliphatic hydroxyl groups excluding tert-OH is 1. The quantitative estimate of drug-likeness (QED) is 0.487. The number of nitrogens with two attached hydrogens (primary N) is 2. The number of rotatable bonds is 0. The zero-order valence-corrected chi connectivity index (χ0v) is 7.20. The standard InChI is InChI=1S/C5H12N2O.2ClH/c6-4-1-3(8)2-5(4)7;;/h3-5,8H,1-2,6-7H2;2*1H/t3?,4-,5+;;. The van der Waals surface area contributed by atoms with Crippen LogP contribution in [0.3, 0.4) is 0 Å². The summed E-state index contributed by atoms with van der Waals surface area (Å²) in [6.07, 6.45) is 1.09. The van der Waals surface area contributed by atoms with Gasteiger partial charge in [-0.15, -0.1) is 24.8 Å². The highest BCUT2D eigenvalue weighted by Gasteiger charge is 2.26. The molecule has 0 aliphatic heterocycles. The van der Waals surface area contributed by atoms with Gasteiger partial charge in [-0.1, -0.05) is 0 Å². The number of hydrogen-bond donors (Lipinski definition) is 3. The number of halogens is 2. The van der Waals surface area contributed by atoms with Crippen molar-refractivity contribution in [3.05, 3.63) is 0 Å². The average molecular weight is 189 g/mol. The summed E-state index contributed by atoms with van der Waals surface area (Å²) >= 11 is 0. The van der Waals surface area contributed by atoms with E-state index in [2.05, 4.69) is 0 Å². The van der Waals surface area contributed by atoms with Crippen molar-refractivity contribution in [1.29, 1.82) is 0 Å². The van der Waals surface area contributed by atoms with E-state index in [1.807, 2.05) is 0 Å². The van der Waals surface area contributed by atoms with Crippen LogP contribution in [0.2, 0.25) is 0 Å². The van der Waals surface area contributed by atoms with E-state index in [9.17, 15) is 0 Å². The van der Waals surface area contributed by atoms with Crippen molar-refractivity contribution < 1.29 is 5.11 Å². The average Bonchev–Trinajstić information content (AvgIpc) is 1.85. The Morgan fingerprint density at radius 3 is 1.40 bits per heavy atom. The molecule has 1 saturated carbocycles. The highest BCUT2D eigenvalue weighted by atomic mass is 35.5. The zero-order chi connectivity index (χ0) is 6.15. The van der Waals surface area contributed by atoms with Crippen LogP contribution in [0.1, 0.15) is 12.8 Å². The van der Waals surface area contributed by atoms with Crippen LogP contribution in [0.15, 0.2) is 0 Å². The molecule has 1 unspecified atom stereocenters. The smallest absolute Gasteiger partial charge is 0.0571 e. The summed E-state index contributed by atoms with van der Waals surface area (Å²) < 4.78 is 0. The van der Waals surface area contributed by atoms with Gasteiger partial charge in [0.1, 0.15) is 0 Å². The maximum absolute atomic E-state index is 8.91. The predicted octanol–water partition coefficient (Wildman–Crippen LogP) is -0.361. The molecule has 1 fully saturated rings. The second-order valence-corrected chi connectivity index (χ2v) is 2.45. The highest BCUT2D eigenvalue weighted by Crippen LogP contribution is 2.15. The van der Waals surface area contributed by atoms with Crippen LogP contribution in [0.4, 0.5) is 0 Å². The molecule has 0 aromatic heterocycles. The van der Waals surface area contributed by atoms with Crippen molar-refractivity contribution in [3.63, 3.8) is 0 Å². The Labute approximate surface area is 73.0 Å². The second-order valence-electron chi connectivity index (χ2n) is 2.45. The lowest BCUT2D eigenvalue weighted by atomic mass is 10.2. The van der Waals surface area contributed by atoms with Gasteiger partial charge in [0.05, 0.1) is 6.10 Å². The Hall–Kier alpha value is 0.460. The van der Waals surface area contributed by atoms with Gasteiger partial charge in [-0.3, -0.25) is 0 Å². The third kappa shape index (κ3) is 3.03. The van der Waals surface area contributed by atoms with E-state index in [0.29, 0.717) is 12.8 Å². The molecule has 0 saturated heterocycles. The van der Waals surface area contributed by atoms with Crippen LogP contribution in [0.5, 0.6) is 0 Å². The number of aliphatic hydroxyl groups is 1.